The minimum absolute atomic E-state index is 0.118. The summed E-state index contributed by atoms with van der Waals surface area (Å²) in [5.41, 5.74) is 2.25. The van der Waals surface area contributed by atoms with E-state index in [1.807, 2.05) is 31.2 Å². The zero-order valence-electron chi connectivity index (χ0n) is 7.41. The Bertz CT molecular complexity index is 318. The Labute approximate surface area is 76.7 Å². The van der Waals surface area contributed by atoms with Gasteiger partial charge in [-0.1, -0.05) is 29.8 Å². The summed E-state index contributed by atoms with van der Waals surface area (Å²) in [5.74, 6) is 0. The molecule has 0 radical (unpaired) electrons. The number of aryl methyl sites for hydroxylation is 1. The van der Waals surface area contributed by atoms with E-state index in [4.69, 9.17) is 4.74 Å². The number of carbonyl (C=O) groups is 1. The monoisotopic (exact) mass is 177 g/mol. The van der Waals surface area contributed by atoms with Crippen molar-refractivity contribution >= 4 is 6.09 Å². The lowest BCUT2D eigenvalue weighted by atomic mass is 10.1. The van der Waals surface area contributed by atoms with Crippen molar-refractivity contribution in [3.8, 4) is 0 Å². The van der Waals surface area contributed by atoms with Gasteiger partial charge < -0.3 is 10.1 Å². The van der Waals surface area contributed by atoms with Gasteiger partial charge in [-0.3, -0.25) is 0 Å². The number of ether oxygens (including phenoxy) is 1. The van der Waals surface area contributed by atoms with Gasteiger partial charge in [0.25, 0.3) is 0 Å². The molecule has 2 rings (SSSR count). The Kier molecular flexibility index (Phi) is 1.93. The molecule has 1 aliphatic heterocycles. The van der Waals surface area contributed by atoms with Crippen molar-refractivity contribution in [1.29, 1.82) is 0 Å². The van der Waals surface area contributed by atoms with Crippen molar-refractivity contribution in [2.45, 2.75) is 13.0 Å². The van der Waals surface area contributed by atoms with Crippen LogP contribution in [0, 0.1) is 6.92 Å². The van der Waals surface area contributed by atoms with E-state index < -0.39 is 0 Å². The van der Waals surface area contributed by atoms with E-state index in [9.17, 15) is 4.79 Å². The number of hydrogen-bond donors (Lipinski definition) is 1. The minimum atomic E-state index is -0.328. The Balaban J connectivity index is 2.17. The smallest absolute Gasteiger partial charge is 0.407 e. The Hall–Kier alpha value is -1.51. The van der Waals surface area contributed by atoms with Crippen LogP contribution < -0.4 is 5.32 Å². The van der Waals surface area contributed by atoms with Crippen molar-refractivity contribution in [3.05, 3.63) is 35.4 Å². The minimum Gasteiger partial charge on any atom is -0.439 e. The highest BCUT2D eigenvalue weighted by Crippen LogP contribution is 2.20. The van der Waals surface area contributed by atoms with Crippen molar-refractivity contribution in [2.24, 2.45) is 0 Å². The second-order valence-corrected chi connectivity index (χ2v) is 3.19. The van der Waals surface area contributed by atoms with E-state index in [0.29, 0.717) is 6.54 Å². The van der Waals surface area contributed by atoms with Gasteiger partial charge in [0.2, 0.25) is 0 Å². The quantitative estimate of drug-likeness (QED) is 0.710. The Morgan fingerprint density at radius 1 is 1.38 bits per heavy atom. The number of cyclic esters (lactones) is 1. The second-order valence-electron chi connectivity index (χ2n) is 3.19. The van der Waals surface area contributed by atoms with Crippen molar-refractivity contribution in [2.75, 3.05) is 6.54 Å². The Morgan fingerprint density at radius 3 is 2.62 bits per heavy atom. The van der Waals surface area contributed by atoms with Crippen molar-refractivity contribution < 1.29 is 9.53 Å². The summed E-state index contributed by atoms with van der Waals surface area (Å²) in [4.78, 5) is 10.8. The summed E-state index contributed by atoms with van der Waals surface area (Å²) in [7, 11) is 0. The van der Waals surface area contributed by atoms with Gasteiger partial charge in [0, 0.05) is 0 Å². The van der Waals surface area contributed by atoms with E-state index in [1.54, 1.807) is 0 Å². The summed E-state index contributed by atoms with van der Waals surface area (Å²) >= 11 is 0. The number of benzene rings is 1. The molecule has 1 amide bonds. The van der Waals surface area contributed by atoms with Crippen LogP contribution in [0.3, 0.4) is 0 Å². The first-order valence-corrected chi connectivity index (χ1v) is 4.27. The molecule has 1 saturated heterocycles. The molecule has 0 saturated carbocycles. The van der Waals surface area contributed by atoms with Gasteiger partial charge in [-0.05, 0) is 12.5 Å². The molecule has 1 aromatic carbocycles. The summed E-state index contributed by atoms with van der Waals surface area (Å²) in [5, 5.41) is 2.62. The van der Waals surface area contributed by atoms with Gasteiger partial charge in [-0.2, -0.15) is 0 Å². The van der Waals surface area contributed by atoms with Gasteiger partial charge >= 0.3 is 6.09 Å². The van der Waals surface area contributed by atoms with E-state index in [0.717, 1.165) is 5.56 Å². The predicted octanol–water partition coefficient (Wildman–Crippen LogP) is 1.78. The van der Waals surface area contributed by atoms with Crippen LogP contribution in [-0.4, -0.2) is 12.6 Å². The first-order chi connectivity index (χ1) is 6.25. The molecule has 3 nitrogen and oxygen atoms in total. The molecule has 1 aromatic rings. The fourth-order valence-electron chi connectivity index (χ4n) is 1.36. The van der Waals surface area contributed by atoms with E-state index in [-0.39, 0.29) is 12.2 Å². The lowest BCUT2D eigenvalue weighted by molar-refractivity contribution is 0.141. The maximum absolute atomic E-state index is 10.8. The topological polar surface area (TPSA) is 38.3 Å². The van der Waals surface area contributed by atoms with Gasteiger partial charge in [0.05, 0.1) is 6.54 Å². The summed E-state index contributed by atoms with van der Waals surface area (Å²) in [6, 6.07) is 8.00. The number of amides is 1. The molecule has 68 valence electrons. The van der Waals surface area contributed by atoms with Crippen LogP contribution in [0.25, 0.3) is 0 Å². The van der Waals surface area contributed by atoms with Crippen LogP contribution in [-0.2, 0) is 4.74 Å². The summed E-state index contributed by atoms with van der Waals surface area (Å²) in [6.45, 7) is 2.60. The normalized spacial score (nSPS) is 21.0. The molecule has 13 heavy (non-hydrogen) atoms. The third-order valence-corrected chi connectivity index (χ3v) is 2.13. The molecule has 0 bridgehead atoms. The molecule has 1 atom stereocenters. The maximum atomic E-state index is 10.8. The third-order valence-electron chi connectivity index (χ3n) is 2.13. The van der Waals surface area contributed by atoms with Gasteiger partial charge in [-0.25, -0.2) is 4.79 Å². The molecular formula is C10H11NO2. The molecule has 1 fully saturated rings. The largest absolute Gasteiger partial charge is 0.439 e. The molecule has 3 heteroatoms. The van der Waals surface area contributed by atoms with E-state index in [1.165, 1.54) is 5.56 Å². The summed E-state index contributed by atoms with van der Waals surface area (Å²) in [6.07, 6.45) is -0.446. The molecule has 0 aliphatic carbocycles. The molecule has 1 N–H and O–H groups in total. The lowest BCUT2D eigenvalue weighted by Crippen LogP contribution is -2.12. The first kappa shape index (κ1) is 8.10. The number of hydrogen-bond acceptors (Lipinski definition) is 2. The van der Waals surface area contributed by atoms with Gasteiger partial charge in [0.15, 0.2) is 0 Å². The van der Waals surface area contributed by atoms with Crippen LogP contribution in [0.4, 0.5) is 4.79 Å². The number of nitrogens with one attached hydrogen (secondary N) is 1. The Morgan fingerprint density at radius 2 is 2.08 bits per heavy atom. The highest BCUT2D eigenvalue weighted by molar-refractivity contribution is 5.69. The van der Waals surface area contributed by atoms with Crippen LogP contribution >= 0.6 is 0 Å². The predicted molar refractivity (Wildman–Crippen MR) is 48.4 cm³/mol. The average molecular weight is 177 g/mol. The number of rotatable bonds is 1. The average Bonchev–Trinajstić information content (AvgIpc) is 2.53. The molecule has 0 spiro atoms. The molecule has 0 aromatic heterocycles. The zero-order valence-corrected chi connectivity index (χ0v) is 7.41. The van der Waals surface area contributed by atoms with Gasteiger partial charge in [0.1, 0.15) is 6.10 Å². The first-order valence-electron chi connectivity index (χ1n) is 4.27. The van der Waals surface area contributed by atoms with Crippen molar-refractivity contribution in [1.82, 2.24) is 5.32 Å². The zero-order chi connectivity index (χ0) is 9.26. The highest BCUT2D eigenvalue weighted by Gasteiger charge is 2.23. The van der Waals surface area contributed by atoms with E-state index in [2.05, 4.69) is 5.32 Å². The molecule has 1 aliphatic rings. The molecule has 1 heterocycles. The summed E-state index contributed by atoms with van der Waals surface area (Å²) < 4.78 is 5.04. The van der Waals surface area contributed by atoms with Crippen molar-refractivity contribution in [3.63, 3.8) is 0 Å². The fraction of sp³-hybridized carbons (Fsp3) is 0.300. The standard InChI is InChI=1S/C10H11NO2/c1-7-2-4-8(5-3-7)9-6-11-10(12)13-9/h2-5,9H,6H2,1H3,(H,11,12)/t9-/m1/s1. The number of alkyl carbamates (subject to hydrolysis) is 1. The number of carbonyl (C=O) groups excluding carboxylic acids is 1. The highest BCUT2D eigenvalue weighted by atomic mass is 16.6. The SMILES string of the molecule is Cc1ccc([C@H]2CNC(=O)O2)cc1. The second kappa shape index (κ2) is 3.09. The van der Waals surface area contributed by atoms with Crippen LogP contribution in [0.1, 0.15) is 17.2 Å². The third kappa shape index (κ3) is 1.64. The van der Waals surface area contributed by atoms with Gasteiger partial charge in [-0.15, -0.1) is 0 Å². The van der Waals surface area contributed by atoms with Crippen LogP contribution in [0.2, 0.25) is 0 Å². The fourth-order valence-corrected chi connectivity index (χ4v) is 1.36. The van der Waals surface area contributed by atoms with E-state index >= 15 is 0 Å². The molecule has 0 unspecified atom stereocenters. The van der Waals surface area contributed by atoms with Crippen LogP contribution in [0.5, 0.6) is 0 Å². The molecular weight excluding hydrogens is 166 g/mol. The van der Waals surface area contributed by atoms with Crippen LogP contribution in [0.15, 0.2) is 24.3 Å². The maximum Gasteiger partial charge on any atom is 0.407 e. The lowest BCUT2D eigenvalue weighted by Gasteiger charge is -2.07.